The van der Waals surface area contributed by atoms with Crippen LogP contribution in [0.25, 0.3) is 5.57 Å². The van der Waals surface area contributed by atoms with Gasteiger partial charge in [0.1, 0.15) is 6.04 Å². The molecule has 1 aliphatic rings. The molecule has 1 N–H and O–H groups in total. The largest absolute Gasteiger partial charge is 0.480 e. The fourth-order valence-electron chi connectivity index (χ4n) is 3.16. The van der Waals surface area contributed by atoms with Crippen molar-refractivity contribution in [2.24, 2.45) is 0 Å². The highest BCUT2D eigenvalue weighted by Gasteiger charge is 2.29. The van der Waals surface area contributed by atoms with E-state index in [-0.39, 0.29) is 6.04 Å². The fraction of sp³-hybridized carbons (Fsp3) is 0.300. The molecule has 124 valence electrons. The number of carbonyl (C=O) groups is 1. The van der Waals surface area contributed by atoms with E-state index in [2.05, 4.69) is 42.2 Å². The highest BCUT2D eigenvalue weighted by atomic mass is 16.4. The maximum Gasteiger partial charge on any atom is 0.320 e. The second kappa shape index (κ2) is 7.41. The molecule has 1 fully saturated rings. The highest BCUT2D eigenvalue weighted by molar-refractivity contribution is 5.78. The van der Waals surface area contributed by atoms with Gasteiger partial charge in [0.25, 0.3) is 0 Å². The number of aliphatic carboxylic acids is 1. The molecule has 2 heterocycles. The average molecular weight is 322 g/mol. The van der Waals surface area contributed by atoms with Crippen LogP contribution in [-0.4, -0.2) is 40.1 Å². The molecule has 1 aromatic heterocycles. The Balaban J connectivity index is 1.90. The number of nitrogens with zero attached hydrogens (tertiary/aromatic N) is 2. The zero-order valence-corrected chi connectivity index (χ0v) is 13.9. The predicted octanol–water partition coefficient (Wildman–Crippen LogP) is 3.37. The Kier molecular flexibility index (Phi) is 5.06. The van der Waals surface area contributed by atoms with Crippen LogP contribution in [0.15, 0.2) is 54.7 Å². The van der Waals surface area contributed by atoms with E-state index < -0.39 is 5.97 Å². The van der Waals surface area contributed by atoms with Crippen LogP contribution in [0.5, 0.6) is 0 Å². The highest BCUT2D eigenvalue weighted by Crippen LogP contribution is 2.24. The van der Waals surface area contributed by atoms with Gasteiger partial charge in [0.2, 0.25) is 0 Å². The van der Waals surface area contributed by atoms with E-state index in [1.165, 1.54) is 5.56 Å². The number of aryl methyl sites for hydroxylation is 1. The molecule has 2 aromatic rings. The molecule has 0 aliphatic carbocycles. The average Bonchev–Trinajstić information content (AvgIpc) is 3.06. The minimum atomic E-state index is -0.726. The van der Waals surface area contributed by atoms with Crippen molar-refractivity contribution in [3.05, 3.63) is 71.6 Å². The number of hydrogen-bond donors (Lipinski definition) is 1. The van der Waals surface area contributed by atoms with Crippen molar-refractivity contribution in [2.45, 2.75) is 25.8 Å². The number of pyridine rings is 1. The predicted molar refractivity (Wildman–Crippen MR) is 94.7 cm³/mol. The van der Waals surface area contributed by atoms with E-state index in [0.717, 1.165) is 36.2 Å². The molecular formula is C20H22N2O2. The van der Waals surface area contributed by atoms with Gasteiger partial charge in [-0.15, -0.1) is 0 Å². The Morgan fingerprint density at radius 2 is 2.08 bits per heavy atom. The van der Waals surface area contributed by atoms with Crippen LogP contribution in [0.1, 0.15) is 29.7 Å². The normalized spacial score (nSPS) is 18.7. The van der Waals surface area contributed by atoms with Gasteiger partial charge < -0.3 is 5.11 Å². The van der Waals surface area contributed by atoms with Gasteiger partial charge in [0, 0.05) is 18.3 Å². The number of hydrogen-bond acceptors (Lipinski definition) is 3. The molecule has 1 atom stereocenters. The summed E-state index contributed by atoms with van der Waals surface area (Å²) in [7, 11) is 0. The number of likely N-dealkylation sites (tertiary alicyclic amines) is 1. The minimum absolute atomic E-state index is 0.371. The van der Waals surface area contributed by atoms with Crippen LogP contribution < -0.4 is 0 Å². The van der Waals surface area contributed by atoms with Crippen LogP contribution in [0.2, 0.25) is 0 Å². The first-order valence-corrected chi connectivity index (χ1v) is 8.30. The summed E-state index contributed by atoms with van der Waals surface area (Å²) in [5, 5.41) is 9.34. The van der Waals surface area contributed by atoms with Crippen molar-refractivity contribution in [3.8, 4) is 0 Å². The molecule has 24 heavy (non-hydrogen) atoms. The fourth-order valence-corrected chi connectivity index (χ4v) is 3.16. The van der Waals surface area contributed by atoms with E-state index >= 15 is 0 Å². The lowest BCUT2D eigenvalue weighted by Crippen LogP contribution is -2.36. The number of rotatable bonds is 5. The zero-order valence-electron chi connectivity index (χ0n) is 13.9. The van der Waals surface area contributed by atoms with Gasteiger partial charge in [0.15, 0.2) is 0 Å². The summed E-state index contributed by atoms with van der Waals surface area (Å²) < 4.78 is 0. The Morgan fingerprint density at radius 3 is 2.75 bits per heavy atom. The van der Waals surface area contributed by atoms with E-state index in [1.807, 2.05) is 23.1 Å². The van der Waals surface area contributed by atoms with Gasteiger partial charge in [-0.3, -0.25) is 14.7 Å². The molecule has 4 heteroatoms. The molecule has 1 unspecified atom stereocenters. The summed E-state index contributed by atoms with van der Waals surface area (Å²) >= 11 is 0. The summed E-state index contributed by atoms with van der Waals surface area (Å²) in [5.41, 5.74) is 4.27. The molecule has 0 amide bonds. The molecule has 0 radical (unpaired) electrons. The lowest BCUT2D eigenvalue weighted by molar-refractivity contribution is -0.141. The maximum absolute atomic E-state index is 11.4. The monoisotopic (exact) mass is 322 g/mol. The summed E-state index contributed by atoms with van der Waals surface area (Å²) in [6.45, 7) is 3.52. The van der Waals surface area contributed by atoms with E-state index in [9.17, 15) is 9.90 Å². The second-order valence-corrected chi connectivity index (χ2v) is 6.19. The van der Waals surface area contributed by atoms with Crippen molar-refractivity contribution in [1.82, 2.24) is 9.88 Å². The molecular weight excluding hydrogens is 300 g/mol. The summed E-state index contributed by atoms with van der Waals surface area (Å²) in [4.78, 5) is 17.9. The van der Waals surface area contributed by atoms with Gasteiger partial charge in [0.05, 0.1) is 5.69 Å². The number of benzene rings is 1. The zero-order chi connectivity index (χ0) is 16.9. The van der Waals surface area contributed by atoms with Crippen molar-refractivity contribution in [3.63, 3.8) is 0 Å². The topological polar surface area (TPSA) is 53.4 Å². The Hall–Kier alpha value is -2.46. The Morgan fingerprint density at radius 1 is 1.29 bits per heavy atom. The third-order valence-corrected chi connectivity index (χ3v) is 4.48. The Labute approximate surface area is 142 Å². The van der Waals surface area contributed by atoms with E-state index in [4.69, 9.17) is 0 Å². The van der Waals surface area contributed by atoms with Crippen LogP contribution in [0, 0.1) is 6.92 Å². The van der Waals surface area contributed by atoms with Crippen molar-refractivity contribution in [2.75, 3.05) is 13.1 Å². The van der Waals surface area contributed by atoms with Crippen LogP contribution in [0.3, 0.4) is 0 Å². The first kappa shape index (κ1) is 16.4. The van der Waals surface area contributed by atoms with Crippen LogP contribution in [-0.2, 0) is 4.79 Å². The van der Waals surface area contributed by atoms with Crippen molar-refractivity contribution >= 4 is 11.5 Å². The first-order chi connectivity index (χ1) is 11.6. The lowest BCUT2D eigenvalue weighted by atomic mass is 10.0. The van der Waals surface area contributed by atoms with Gasteiger partial charge in [-0.2, -0.15) is 0 Å². The van der Waals surface area contributed by atoms with Gasteiger partial charge in [-0.05, 0) is 44.0 Å². The molecule has 0 spiro atoms. The molecule has 0 bridgehead atoms. The lowest BCUT2D eigenvalue weighted by Gasteiger charge is -2.20. The van der Waals surface area contributed by atoms with Gasteiger partial charge in [-0.25, -0.2) is 0 Å². The van der Waals surface area contributed by atoms with Crippen LogP contribution in [0.4, 0.5) is 0 Å². The van der Waals surface area contributed by atoms with Crippen molar-refractivity contribution < 1.29 is 9.90 Å². The quantitative estimate of drug-likeness (QED) is 0.917. The molecule has 1 saturated heterocycles. The van der Waals surface area contributed by atoms with E-state index in [1.54, 1.807) is 6.20 Å². The molecule has 0 saturated carbocycles. The second-order valence-electron chi connectivity index (χ2n) is 6.19. The third-order valence-electron chi connectivity index (χ3n) is 4.48. The maximum atomic E-state index is 11.4. The number of carboxylic acids is 1. The SMILES string of the molecule is Cc1ccc(/C(=C\CN2CCCC2C(=O)O)c2ccccn2)cc1. The summed E-state index contributed by atoms with van der Waals surface area (Å²) in [6, 6.07) is 13.8. The first-order valence-electron chi connectivity index (χ1n) is 8.30. The number of aromatic nitrogens is 1. The van der Waals surface area contributed by atoms with Gasteiger partial charge in [-0.1, -0.05) is 42.0 Å². The Bertz CT molecular complexity index is 723. The van der Waals surface area contributed by atoms with Crippen molar-refractivity contribution in [1.29, 1.82) is 0 Å². The van der Waals surface area contributed by atoms with Gasteiger partial charge >= 0.3 is 5.97 Å². The summed E-state index contributed by atoms with van der Waals surface area (Å²) in [5.74, 6) is -0.726. The molecule has 1 aliphatic heterocycles. The number of carboxylic acid groups (broad SMARTS) is 1. The smallest absolute Gasteiger partial charge is 0.320 e. The molecule has 3 rings (SSSR count). The minimum Gasteiger partial charge on any atom is -0.480 e. The van der Waals surface area contributed by atoms with Crippen LogP contribution >= 0.6 is 0 Å². The third kappa shape index (κ3) is 3.71. The molecule has 1 aromatic carbocycles. The molecule has 4 nitrogen and oxygen atoms in total. The van der Waals surface area contributed by atoms with E-state index in [0.29, 0.717) is 6.54 Å². The summed E-state index contributed by atoms with van der Waals surface area (Å²) in [6.07, 6.45) is 5.56. The standard InChI is InChI=1S/C20H22N2O2/c1-15-7-9-16(10-8-15)17(18-5-2-3-12-21-18)11-14-22-13-4-6-19(22)20(23)24/h2-3,5,7-12,19H,4,6,13-14H2,1H3,(H,23,24)/b17-11+.